The van der Waals surface area contributed by atoms with E-state index < -0.39 is 0 Å². The monoisotopic (exact) mass is 281 g/mol. The minimum atomic E-state index is 0.145. The Balaban J connectivity index is 2.86. The lowest BCUT2D eigenvalue weighted by Gasteiger charge is -2.10. The Morgan fingerprint density at radius 3 is 2.38 bits per heavy atom. The van der Waals surface area contributed by atoms with Crippen LogP contribution < -0.4 is 20.2 Å². The Hall–Kier alpha value is -3.25. The van der Waals surface area contributed by atoms with Gasteiger partial charge in [-0.2, -0.15) is 10.5 Å². The van der Waals surface area contributed by atoms with Gasteiger partial charge in [-0.1, -0.05) is 12.1 Å². The number of pyridine rings is 1. The molecule has 2 aromatic rings. The van der Waals surface area contributed by atoms with Crippen LogP contribution in [0.3, 0.4) is 0 Å². The number of aromatic nitrogens is 1. The third-order valence-corrected chi connectivity index (χ3v) is 3.03. The average molecular weight is 281 g/mol. The van der Waals surface area contributed by atoms with Crippen molar-refractivity contribution >= 4 is 5.82 Å². The fourth-order valence-corrected chi connectivity index (χ4v) is 2.06. The first kappa shape index (κ1) is 14.2. The highest BCUT2D eigenvalue weighted by Gasteiger charge is 2.24. The van der Waals surface area contributed by atoms with E-state index in [1.807, 2.05) is 12.1 Å². The molecule has 1 aromatic heterocycles. The zero-order valence-corrected chi connectivity index (χ0v) is 11.6. The van der Waals surface area contributed by atoms with Gasteiger partial charge in [0.25, 0.3) is 5.82 Å². The molecule has 0 fully saturated rings. The van der Waals surface area contributed by atoms with Crippen molar-refractivity contribution in [1.82, 2.24) is 0 Å². The first-order valence-corrected chi connectivity index (χ1v) is 6.03. The van der Waals surface area contributed by atoms with Crippen molar-refractivity contribution in [3.05, 3.63) is 35.4 Å². The van der Waals surface area contributed by atoms with E-state index in [9.17, 15) is 10.5 Å². The molecule has 2 rings (SSSR count). The van der Waals surface area contributed by atoms with E-state index in [0.717, 1.165) is 0 Å². The molecule has 0 aliphatic carbocycles. The van der Waals surface area contributed by atoms with E-state index >= 15 is 0 Å². The topological polar surface area (TPSA) is 106 Å². The molecule has 0 radical (unpaired) electrons. The van der Waals surface area contributed by atoms with Crippen LogP contribution in [0.2, 0.25) is 0 Å². The molecule has 0 amide bonds. The summed E-state index contributed by atoms with van der Waals surface area (Å²) >= 11 is 0. The van der Waals surface area contributed by atoms with Crippen molar-refractivity contribution in [1.29, 1.82) is 10.5 Å². The van der Waals surface area contributed by atoms with Crippen LogP contribution in [-0.4, -0.2) is 14.2 Å². The normalized spacial score (nSPS) is 9.52. The Labute approximate surface area is 122 Å². The van der Waals surface area contributed by atoms with Gasteiger partial charge >= 0.3 is 5.88 Å². The van der Waals surface area contributed by atoms with Gasteiger partial charge in [-0.15, -0.1) is 0 Å². The molecule has 104 valence electrons. The van der Waals surface area contributed by atoms with Crippen molar-refractivity contribution in [3.63, 3.8) is 0 Å². The second kappa shape index (κ2) is 5.81. The number of methoxy groups -OCH3 is 2. The number of hydrogen-bond donors (Lipinski definition) is 1. The van der Waals surface area contributed by atoms with E-state index in [4.69, 9.17) is 15.2 Å². The van der Waals surface area contributed by atoms with Crippen LogP contribution in [0, 0.1) is 22.7 Å². The predicted octanol–water partition coefficient (Wildman–Crippen LogP) is 1.51. The largest absolute Gasteiger partial charge is 0.497 e. The van der Waals surface area contributed by atoms with Crippen molar-refractivity contribution in [2.24, 2.45) is 0 Å². The summed E-state index contributed by atoms with van der Waals surface area (Å²) in [5.74, 6) is 0.976. The Morgan fingerprint density at radius 1 is 1.10 bits per heavy atom. The third kappa shape index (κ3) is 2.43. The summed E-state index contributed by atoms with van der Waals surface area (Å²) in [7, 11) is 2.97. The van der Waals surface area contributed by atoms with Gasteiger partial charge in [-0.3, -0.25) is 5.73 Å². The molecule has 6 heteroatoms. The number of benzene rings is 1. The van der Waals surface area contributed by atoms with Gasteiger partial charge in [0, 0.05) is 5.56 Å². The highest BCUT2D eigenvalue weighted by Crippen LogP contribution is 2.34. The summed E-state index contributed by atoms with van der Waals surface area (Å²) in [6.45, 7) is 0. The van der Waals surface area contributed by atoms with Crippen LogP contribution in [0.25, 0.3) is 11.1 Å². The van der Waals surface area contributed by atoms with E-state index in [-0.39, 0.29) is 22.8 Å². The molecule has 0 saturated heterocycles. The molecule has 0 aliphatic heterocycles. The molecule has 0 aliphatic rings. The maximum Gasteiger partial charge on any atom is 0.300 e. The Kier molecular flexibility index (Phi) is 3.92. The number of anilines is 1. The average Bonchev–Trinajstić information content (AvgIpc) is 2.53. The van der Waals surface area contributed by atoms with Gasteiger partial charge in [0.1, 0.15) is 23.5 Å². The Bertz CT molecular complexity index is 772. The third-order valence-electron chi connectivity index (χ3n) is 3.03. The van der Waals surface area contributed by atoms with Crippen molar-refractivity contribution in [2.45, 2.75) is 0 Å². The maximum atomic E-state index is 9.40. The molecule has 1 aromatic carbocycles. The number of rotatable bonds is 3. The number of ether oxygens (including phenoxy) is 2. The first-order valence-electron chi connectivity index (χ1n) is 6.03. The Morgan fingerprint density at radius 2 is 1.81 bits per heavy atom. The lowest BCUT2D eigenvalue weighted by molar-refractivity contribution is -0.376. The molecule has 3 N–H and O–H groups in total. The zero-order valence-electron chi connectivity index (χ0n) is 11.6. The van der Waals surface area contributed by atoms with Gasteiger partial charge in [-0.25, -0.2) is 4.98 Å². The zero-order chi connectivity index (χ0) is 15.4. The van der Waals surface area contributed by atoms with Gasteiger partial charge < -0.3 is 9.47 Å². The van der Waals surface area contributed by atoms with Crippen LogP contribution >= 0.6 is 0 Å². The molecule has 21 heavy (non-hydrogen) atoms. The number of nitrogen functional groups attached to an aromatic ring is 1. The summed E-state index contributed by atoms with van der Waals surface area (Å²) in [5, 5.41) is 18.7. The smallest absolute Gasteiger partial charge is 0.300 e. The number of nitrogens with one attached hydrogen (secondary N) is 1. The lowest BCUT2D eigenvalue weighted by atomic mass is 9.96. The molecule has 1 heterocycles. The molecule has 0 bridgehead atoms. The number of aromatic amines is 1. The number of nitrogens with zero attached hydrogens (tertiary/aromatic N) is 2. The molecular weight excluding hydrogens is 268 g/mol. The van der Waals surface area contributed by atoms with E-state index in [1.54, 1.807) is 31.4 Å². The predicted molar refractivity (Wildman–Crippen MR) is 75.4 cm³/mol. The fraction of sp³-hybridized carbons (Fsp3) is 0.133. The van der Waals surface area contributed by atoms with Crippen molar-refractivity contribution in [2.75, 3.05) is 20.0 Å². The van der Waals surface area contributed by atoms with Gasteiger partial charge in [0.2, 0.25) is 0 Å². The van der Waals surface area contributed by atoms with Gasteiger partial charge in [0.15, 0.2) is 5.56 Å². The highest BCUT2D eigenvalue weighted by molar-refractivity contribution is 5.81. The number of hydrogen-bond acceptors (Lipinski definition) is 5. The van der Waals surface area contributed by atoms with Crippen molar-refractivity contribution < 1.29 is 14.5 Å². The summed E-state index contributed by atoms with van der Waals surface area (Å²) in [6, 6.07) is 11.1. The first-order chi connectivity index (χ1) is 10.2. The number of nitrogens with two attached hydrogens (primary N) is 1. The second-order valence-corrected chi connectivity index (χ2v) is 4.15. The highest BCUT2D eigenvalue weighted by atomic mass is 16.5. The number of nitriles is 2. The van der Waals surface area contributed by atoms with Crippen LogP contribution in [0.15, 0.2) is 24.3 Å². The quantitative estimate of drug-likeness (QED) is 0.917. The standard InChI is InChI=1S/C15H12N4O2/c1-20-10-5-3-4-9(6-10)13-11(7-16)14(18)19-15(21-2)12(13)8-17/h3-6H,1-2H3,(H2,18,19)/p+1. The van der Waals surface area contributed by atoms with Crippen LogP contribution in [-0.2, 0) is 0 Å². The molecule has 0 spiro atoms. The molecule has 6 nitrogen and oxygen atoms in total. The summed E-state index contributed by atoms with van der Waals surface area (Å²) in [6.07, 6.45) is 0. The van der Waals surface area contributed by atoms with Crippen LogP contribution in [0.1, 0.15) is 11.1 Å². The SMILES string of the molecule is COc1cccc(-c2c(C#N)c(N)[nH+]c(OC)c2C#N)c1. The second-order valence-electron chi connectivity index (χ2n) is 4.15. The number of H-pyrrole nitrogens is 1. The molecule has 0 unspecified atom stereocenters. The molecular formula is C15H13N4O2+. The molecule has 0 atom stereocenters. The minimum absolute atomic E-state index is 0.145. The van der Waals surface area contributed by atoms with Crippen LogP contribution in [0.4, 0.5) is 5.82 Å². The fourth-order valence-electron chi connectivity index (χ4n) is 2.06. The lowest BCUT2D eigenvalue weighted by Crippen LogP contribution is -2.18. The van der Waals surface area contributed by atoms with E-state index in [0.29, 0.717) is 16.9 Å². The van der Waals surface area contributed by atoms with E-state index in [2.05, 4.69) is 4.98 Å². The van der Waals surface area contributed by atoms with Crippen molar-refractivity contribution in [3.8, 4) is 34.9 Å². The summed E-state index contributed by atoms with van der Waals surface area (Å²) < 4.78 is 10.3. The summed E-state index contributed by atoms with van der Waals surface area (Å²) in [5.41, 5.74) is 7.33. The molecule has 0 saturated carbocycles. The maximum absolute atomic E-state index is 9.40. The summed E-state index contributed by atoms with van der Waals surface area (Å²) in [4.78, 5) is 2.71. The van der Waals surface area contributed by atoms with Gasteiger partial charge in [0.05, 0.1) is 14.2 Å². The van der Waals surface area contributed by atoms with Gasteiger partial charge in [-0.05, 0) is 17.7 Å². The van der Waals surface area contributed by atoms with E-state index in [1.165, 1.54) is 7.11 Å². The van der Waals surface area contributed by atoms with Crippen LogP contribution in [0.5, 0.6) is 11.6 Å². The minimum Gasteiger partial charge on any atom is -0.497 e.